The highest BCUT2D eigenvalue weighted by atomic mass is 32.1. The van der Waals surface area contributed by atoms with Crippen LogP contribution in [0.4, 0.5) is 34.1 Å². The van der Waals surface area contributed by atoms with Crippen molar-refractivity contribution in [3.8, 4) is 55.6 Å². The third-order valence-corrected chi connectivity index (χ3v) is 22.5. The van der Waals surface area contributed by atoms with Crippen molar-refractivity contribution in [3.05, 3.63) is 352 Å². The summed E-state index contributed by atoms with van der Waals surface area (Å²) in [5.41, 5.74) is 19.9. The summed E-state index contributed by atoms with van der Waals surface area (Å²) in [6.07, 6.45) is 0. The molecule has 0 unspecified atom stereocenters. The van der Waals surface area contributed by atoms with E-state index in [0.717, 1.165) is 83.9 Å². The number of anilines is 6. The molecule has 0 atom stereocenters. The van der Waals surface area contributed by atoms with Gasteiger partial charge in [-0.3, -0.25) is 0 Å². The third kappa shape index (κ3) is 9.23. The third-order valence-electron chi connectivity index (χ3n) is 20.2. The van der Waals surface area contributed by atoms with E-state index in [1.54, 1.807) is 0 Å². The zero-order valence-electron chi connectivity index (χ0n) is 53.6. The number of rotatable bonds is 11. The van der Waals surface area contributed by atoms with Crippen LogP contribution in [-0.2, 0) is 0 Å². The van der Waals surface area contributed by atoms with Gasteiger partial charge >= 0.3 is 0 Å². The average molecular weight is 1300 g/mol. The van der Waals surface area contributed by atoms with Crippen LogP contribution >= 0.6 is 22.7 Å². The lowest BCUT2D eigenvalue weighted by Crippen LogP contribution is -2.13. The van der Waals surface area contributed by atoms with Gasteiger partial charge in [0.1, 0.15) is 11.2 Å². The summed E-state index contributed by atoms with van der Waals surface area (Å²) in [5, 5.41) is 16.9. The van der Waals surface area contributed by atoms with Gasteiger partial charge < -0.3 is 14.2 Å². The summed E-state index contributed by atoms with van der Waals surface area (Å²) in [4.78, 5) is 5.06. The van der Waals surface area contributed by atoms with E-state index in [-0.39, 0.29) is 0 Å². The van der Waals surface area contributed by atoms with Crippen LogP contribution in [0.3, 0.4) is 0 Å². The van der Waals surface area contributed by atoms with Crippen LogP contribution in [0.2, 0.25) is 0 Å². The van der Waals surface area contributed by atoms with Gasteiger partial charge in [0.15, 0.2) is 0 Å². The van der Waals surface area contributed by atoms with E-state index < -0.39 is 0 Å². The number of thiophene rings is 2. The van der Waals surface area contributed by atoms with E-state index in [9.17, 15) is 0 Å². The summed E-state index contributed by atoms with van der Waals surface area (Å²) in [5.74, 6) is 0. The Morgan fingerprint density at radius 2 is 0.697 bits per heavy atom. The number of hydrogen-bond donors (Lipinski definition) is 0. The lowest BCUT2D eigenvalue weighted by molar-refractivity contribution is 0.670. The molecule has 462 valence electrons. The van der Waals surface area contributed by atoms with Gasteiger partial charge in [-0.15, -0.1) is 22.7 Å². The highest BCUT2D eigenvalue weighted by Gasteiger charge is 2.29. The molecule has 0 radical (unpaired) electrons. The molecule has 17 aromatic carbocycles. The van der Waals surface area contributed by atoms with Gasteiger partial charge in [-0.05, 0) is 145 Å². The minimum Gasteiger partial charge on any atom is -0.455 e. The molecular weight excluding hydrogens is 1240 g/mol. The number of furan rings is 1. The summed E-state index contributed by atoms with van der Waals surface area (Å²) in [6.45, 7) is 0. The Morgan fingerprint density at radius 3 is 1.44 bits per heavy atom. The molecule has 0 bridgehead atoms. The van der Waals surface area contributed by atoms with Crippen molar-refractivity contribution in [2.24, 2.45) is 0 Å². The number of benzene rings is 17. The molecule has 0 fully saturated rings. The molecule has 20 aromatic rings. The second kappa shape index (κ2) is 23.2. The van der Waals surface area contributed by atoms with Gasteiger partial charge in [-0.25, -0.2) is 0 Å². The largest absolute Gasteiger partial charge is 0.455 e. The predicted octanol–water partition coefficient (Wildman–Crippen LogP) is 28.2. The van der Waals surface area contributed by atoms with E-state index in [4.69, 9.17) is 4.42 Å². The number of nitrogens with zero attached hydrogens (tertiary/aromatic N) is 2. The normalized spacial score (nSPS) is 11.8. The predicted molar refractivity (Wildman–Crippen MR) is 426 cm³/mol. The first-order valence-electron chi connectivity index (χ1n) is 33.8. The molecular formula is C94H58N2OS2. The standard InChI is InChI=1S/C94H58N2OS2/c1-3-24-60(25-4-1)89-75-36-11-7-30-68(75)71-33-10-14-39-79(71)93(89)96(83-44-18-15-34-72(83)77-42-23-47-87-91(77)81-40-17-20-46-85(81)98-87)66-53-54-74-82-57-62(50-55-86(82)99-88(74)58-66)61-26-21-27-63(56-61)90-76-37-12-8-31-69(76)70-32-9-13-38-78(70)92(90)95(64-28-5-2-6-29-64)65-51-48-59(49-52-65)67-41-22-43-80-73-35-16-19-45-84(73)97-94(67)80/h1-58H. The van der Waals surface area contributed by atoms with Crippen molar-refractivity contribution in [2.45, 2.75) is 0 Å². The molecule has 0 aliphatic carbocycles. The van der Waals surface area contributed by atoms with Crippen molar-refractivity contribution < 1.29 is 4.42 Å². The molecule has 5 heteroatoms. The Kier molecular flexibility index (Phi) is 13.3. The smallest absolute Gasteiger partial charge is 0.143 e. The summed E-state index contributed by atoms with van der Waals surface area (Å²) < 4.78 is 11.6. The molecule has 0 aliphatic heterocycles. The fourth-order valence-electron chi connectivity index (χ4n) is 15.9. The second-order valence-electron chi connectivity index (χ2n) is 25.7. The van der Waals surface area contributed by atoms with Crippen LogP contribution in [-0.4, -0.2) is 0 Å². The SMILES string of the molecule is c1ccc(-c2c(N(c3ccc4c(c3)sc3ccc(-c5cccc(-c6c(N(c7ccccc7)c7ccc(-c8cccc9c8oc8ccccc89)cc7)c7ccccc7c7ccccc67)c5)cc34)c3ccccc3-c3cccc4sc5ccccc5c34)c3ccccc3c3ccccc23)cc1. The Labute approximate surface area is 579 Å². The average Bonchev–Trinajstić information content (AvgIpc) is 1.73. The number of hydrogen-bond acceptors (Lipinski definition) is 5. The Bertz CT molecular complexity index is 6620. The molecule has 99 heavy (non-hydrogen) atoms. The molecule has 0 aliphatic rings. The lowest BCUT2D eigenvalue weighted by Gasteiger charge is -2.32. The Balaban J connectivity index is 0.755. The maximum absolute atomic E-state index is 6.58. The van der Waals surface area contributed by atoms with Crippen molar-refractivity contribution in [1.29, 1.82) is 0 Å². The molecule has 0 spiro atoms. The van der Waals surface area contributed by atoms with Gasteiger partial charge in [0, 0.05) is 101 Å². The van der Waals surface area contributed by atoms with Gasteiger partial charge in [0.25, 0.3) is 0 Å². The van der Waals surface area contributed by atoms with Gasteiger partial charge in [-0.2, -0.15) is 0 Å². The molecule has 3 aromatic heterocycles. The van der Waals surface area contributed by atoms with Crippen LogP contribution < -0.4 is 9.80 Å². The number of para-hydroxylation sites is 4. The van der Waals surface area contributed by atoms with Crippen molar-refractivity contribution in [1.82, 2.24) is 0 Å². The van der Waals surface area contributed by atoms with E-state index in [1.807, 2.05) is 28.7 Å². The summed E-state index contributed by atoms with van der Waals surface area (Å²) >= 11 is 3.73. The summed E-state index contributed by atoms with van der Waals surface area (Å²) in [7, 11) is 0. The quantitative estimate of drug-likeness (QED) is 0.120. The first-order chi connectivity index (χ1) is 49.1. The molecule has 3 heterocycles. The van der Waals surface area contributed by atoms with Gasteiger partial charge in [0.05, 0.1) is 17.1 Å². The first kappa shape index (κ1) is 56.9. The van der Waals surface area contributed by atoms with E-state index in [2.05, 4.69) is 356 Å². The maximum Gasteiger partial charge on any atom is 0.143 e. The molecule has 3 nitrogen and oxygen atoms in total. The summed E-state index contributed by atoms with van der Waals surface area (Å²) in [6, 6.07) is 130. The fraction of sp³-hybridized carbons (Fsp3) is 0. The van der Waals surface area contributed by atoms with E-state index >= 15 is 0 Å². The topological polar surface area (TPSA) is 19.6 Å². The van der Waals surface area contributed by atoms with Crippen molar-refractivity contribution in [3.63, 3.8) is 0 Å². The van der Waals surface area contributed by atoms with Gasteiger partial charge in [0.2, 0.25) is 0 Å². The highest BCUT2D eigenvalue weighted by molar-refractivity contribution is 7.26. The fourth-order valence-corrected chi connectivity index (χ4v) is 18.1. The zero-order chi connectivity index (χ0) is 65.1. The molecule has 20 rings (SSSR count). The van der Waals surface area contributed by atoms with Crippen LogP contribution in [0, 0.1) is 0 Å². The van der Waals surface area contributed by atoms with E-state index in [1.165, 1.54) is 111 Å². The van der Waals surface area contributed by atoms with Crippen LogP contribution in [0.25, 0.3) is 161 Å². The van der Waals surface area contributed by atoms with Crippen molar-refractivity contribution in [2.75, 3.05) is 9.80 Å². The molecule has 0 amide bonds. The van der Waals surface area contributed by atoms with Crippen LogP contribution in [0.5, 0.6) is 0 Å². The van der Waals surface area contributed by atoms with E-state index in [0.29, 0.717) is 0 Å². The number of fused-ring (bicyclic) bond motifs is 15. The molecule has 0 saturated carbocycles. The zero-order valence-corrected chi connectivity index (χ0v) is 55.2. The lowest BCUT2D eigenvalue weighted by atomic mass is 9.88. The first-order valence-corrected chi connectivity index (χ1v) is 35.4. The van der Waals surface area contributed by atoms with Crippen LogP contribution in [0.15, 0.2) is 356 Å². The molecule has 0 N–H and O–H groups in total. The monoisotopic (exact) mass is 1290 g/mol. The maximum atomic E-state index is 6.58. The van der Waals surface area contributed by atoms with Crippen molar-refractivity contribution >= 4 is 162 Å². The van der Waals surface area contributed by atoms with Crippen LogP contribution in [0.1, 0.15) is 0 Å². The minimum atomic E-state index is 0.893. The highest BCUT2D eigenvalue weighted by Crippen LogP contribution is 2.55. The van der Waals surface area contributed by atoms with Gasteiger partial charge in [-0.1, -0.05) is 273 Å². The second-order valence-corrected chi connectivity index (χ2v) is 27.9. The molecule has 0 saturated heterocycles. The minimum absolute atomic E-state index is 0.893. The Morgan fingerprint density at radius 1 is 0.222 bits per heavy atom. The Hall–Kier alpha value is -12.4.